The molecule has 0 unspecified atom stereocenters. The Balaban J connectivity index is 2.79. The van der Waals surface area contributed by atoms with Gasteiger partial charge in [0.2, 0.25) is 0 Å². The monoisotopic (exact) mass is 289 g/mol. The number of rotatable bonds is 6. The Kier molecular flexibility index (Phi) is 6.02. The van der Waals surface area contributed by atoms with Crippen LogP contribution in [0, 0.1) is 0 Å². The SMILES string of the molecule is CCCN(CCBr)c1cc(SC)ncn1. The van der Waals surface area contributed by atoms with Crippen LogP contribution < -0.4 is 4.90 Å². The molecule has 0 saturated heterocycles. The molecule has 0 amide bonds. The second-order valence-corrected chi connectivity index (χ2v) is 4.71. The van der Waals surface area contributed by atoms with Crippen LogP contribution in [-0.2, 0) is 0 Å². The topological polar surface area (TPSA) is 29.0 Å². The molecule has 1 aromatic rings. The van der Waals surface area contributed by atoms with Crippen LogP contribution in [0.3, 0.4) is 0 Å². The van der Waals surface area contributed by atoms with Gasteiger partial charge in [0.15, 0.2) is 0 Å². The fourth-order valence-electron chi connectivity index (χ4n) is 1.33. The predicted molar refractivity (Wildman–Crippen MR) is 70.1 cm³/mol. The van der Waals surface area contributed by atoms with Crippen LogP contribution in [-0.4, -0.2) is 34.6 Å². The van der Waals surface area contributed by atoms with Crippen molar-refractivity contribution in [3.8, 4) is 0 Å². The van der Waals surface area contributed by atoms with E-state index in [4.69, 9.17) is 0 Å². The maximum atomic E-state index is 4.31. The van der Waals surface area contributed by atoms with Crippen LogP contribution >= 0.6 is 27.7 Å². The fourth-order valence-corrected chi connectivity index (χ4v) is 2.13. The van der Waals surface area contributed by atoms with Crippen molar-refractivity contribution in [1.82, 2.24) is 9.97 Å². The lowest BCUT2D eigenvalue weighted by molar-refractivity contribution is 0.777. The first kappa shape index (κ1) is 12.8. The average molecular weight is 290 g/mol. The second kappa shape index (κ2) is 7.06. The minimum atomic E-state index is 0.964. The maximum absolute atomic E-state index is 4.31. The summed E-state index contributed by atoms with van der Waals surface area (Å²) in [5.74, 6) is 1.02. The van der Waals surface area contributed by atoms with E-state index < -0.39 is 0 Å². The minimum Gasteiger partial charge on any atom is -0.356 e. The van der Waals surface area contributed by atoms with Gasteiger partial charge in [-0.05, 0) is 12.7 Å². The Hall–Kier alpha value is -0.290. The van der Waals surface area contributed by atoms with E-state index in [0.717, 1.165) is 35.7 Å². The highest BCUT2D eigenvalue weighted by Crippen LogP contribution is 2.17. The molecule has 0 fully saturated rings. The maximum Gasteiger partial charge on any atom is 0.133 e. The molecule has 0 spiro atoms. The molecule has 0 bridgehead atoms. The molecule has 0 saturated carbocycles. The van der Waals surface area contributed by atoms with E-state index in [0.29, 0.717) is 0 Å². The molecular weight excluding hydrogens is 274 g/mol. The van der Waals surface area contributed by atoms with Gasteiger partial charge in [-0.1, -0.05) is 22.9 Å². The number of thioether (sulfide) groups is 1. The third kappa shape index (κ3) is 3.99. The molecular formula is C10H16BrN3S. The van der Waals surface area contributed by atoms with Crippen molar-refractivity contribution in [1.29, 1.82) is 0 Å². The standard InChI is InChI=1S/C10H16BrN3S/c1-3-5-14(6-4-11)9-7-10(15-2)13-8-12-9/h7-8H,3-6H2,1-2H3. The van der Waals surface area contributed by atoms with Crippen LogP contribution in [0.4, 0.5) is 5.82 Å². The smallest absolute Gasteiger partial charge is 0.133 e. The summed E-state index contributed by atoms with van der Waals surface area (Å²) in [6, 6.07) is 2.04. The van der Waals surface area contributed by atoms with Crippen molar-refractivity contribution >= 4 is 33.5 Å². The molecule has 84 valence electrons. The normalized spacial score (nSPS) is 10.3. The summed E-state index contributed by atoms with van der Waals surface area (Å²) < 4.78 is 0. The second-order valence-electron chi connectivity index (χ2n) is 3.09. The highest BCUT2D eigenvalue weighted by molar-refractivity contribution is 9.09. The van der Waals surface area contributed by atoms with E-state index in [-0.39, 0.29) is 0 Å². The van der Waals surface area contributed by atoms with Crippen LogP contribution in [0.5, 0.6) is 0 Å². The molecule has 0 aliphatic heterocycles. The van der Waals surface area contributed by atoms with E-state index in [2.05, 4.69) is 37.7 Å². The first-order chi connectivity index (χ1) is 7.31. The van der Waals surface area contributed by atoms with Crippen LogP contribution in [0.25, 0.3) is 0 Å². The Labute approximate surface area is 104 Å². The molecule has 1 rings (SSSR count). The predicted octanol–water partition coefficient (Wildman–Crippen LogP) is 2.81. The average Bonchev–Trinajstić information content (AvgIpc) is 2.29. The van der Waals surface area contributed by atoms with E-state index in [1.54, 1.807) is 18.1 Å². The van der Waals surface area contributed by atoms with E-state index in [1.165, 1.54) is 0 Å². The largest absolute Gasteiger partial charge is 0.356 e. The van der Waals surface area contributed by atoms with Gasteiger partial charge in [0, 0.05) is 24.5 Å². The van der Waals surface area contributed by atoms with Crippen molar-refractivity contribution in [3.63, 3.8) is 0 Å². The van der Waals surface area contributed by atoms with Crippen LogP contribution in [0.1, 0.15) is 13.3 Å². The number of anilines is 1. The number of hydrogen-bond acceptors (Lipinski definition) is 4. The third-order valence-corrected chi connectivity index (χ3v) is 3.00. The molecule has 0 aliphatic carbocycles. The van der Waals surface area contributed by atoms with Crippen molar-refractivity contribution in [3.05, 3.63) is 12.4 Å². The van der Waals surface area contributed by atoms with E-state index in [1.807, 2.05) is 12.3 Å². The number of alkyl halides is 1. The lowest BCUT2D eigenvalue weighted by Gasteiger charge is -2.22. The summed E-state index contributed by atoms with van der Waals surface area (Å²) >= 11 is 5.11. The number of nitrogens with zero attached hydrogens (tertiary/aromatic N) is 3. The molecule has 1 aromatic heterocycles. The van der Waals surface area contributed by atoms with Gasteiger partial charge >= 0.3 is 0 Å². The summed E-state index contributed by atoms with van der Waals surface area (Å²) in [4.78, 5) is 10.8. The minimum absolute atomic E-state index is 0.964. The fraction of sp³-hybridized carbons (Fsp3) is 0.600. The summed E-state index contributed by atoms with van der Waals surface area (Å²) in [7, 11) is 0. The Morgan fingerprint density at radius 2 is 2.20 bits per heavy atom. The van der Waals surface area contributed by atoms with Crippen LogP contribution in [0.2, 0.25) is 0 Å². The number of hydrogen-bond donors (Lipinski definition) is 0. The first-order valence-corrected chi connectivity index (χ1v) is 7.33. The Morgan fingerprint density at radius 3 is 2.80 bits per heavy atom. The zero-order valence-corrected chi connectivity index (χ0v) is 11.5. The lowest BCUT2D eigenvalue weighted by atomic mass is 10.4. The quantitative estimate of drug-likeness (QED) is 0.458. The Bertz CT molecular complexity index is 290. The van der Waals surface area contributed by atoms with Crippen molar-refractivity contribution in [2.24, 2.45) is 0 Å². The van der Waals surface area contributed by atoms with Crippen molar-refractivity contribution < 1.29 is 0 Å². The highest BCUT2D eigenvalue weighted by Gasteiger charge is 2.06. The summed E-state index contributed by atoms with van der Waals surface area (Å²) in [6.45, 7) is 4.20. The summed E-state index contributed by atoms with van der Waals surface area (Å²) in [6.07, 6.45) is 4.80. The third-order valence-electron chi connectivity index (χ3n) is 2.01. The highest BCUT2D eigenvalue weighted by atomic mass is 79.9. The molecule has 0 radical (unpaired) electrons. The van der Waals surface area contributed by atoms with Gasteiger partial charge in [0.25, 0.3) is 0 Å². The number of aromatic nitrogens is 2. The van der Waals surface area contributed by atoms with Gasteiger partial charge in [0.1, 0.15) is 17.2 Å². The van der Waals surface area contributed by atoms with Gasteiger partial charge in [0.05, 0.1) is 0 Å². The van der Waals surface area contributed by atoms with Gasteiger partial charge in [-0.3, -0.25) is 0 Å². The summed E-state index contributed by atoms with van der Waals surface area (Å²) in [5, 5.41) is 1.99. The molecule has 0 aliphatic rings. The molecule has 0 aromatic carbocycles. The van der Waals surface area contributed by atoms with Gasteiger partial charge in [-0.2, -0.15) is 0 Å². The van der Waals surface area contributed by atoms with Crippen molar-refractivity contribution in [2.45, 2.75) is 18.4 Å². The number of halogens is 1. The summed E-state index contributed by atoms with van der Waals surface area (Å²) in [5.41, 5.74) is 0. The van der Waals surface area contributed by atoms with Gasteiger partial charge < -0.3 is 4.90 Å². The molecule has 15 heavy (non-hydrogen) atoms. The zero-order valence-electron chi connectivity index (χ0n) is 9.11. The zero-order chi connectivity index (χ0) is 11.1. The van der Waals surface area contributed by atoms with Gasteiger partial charge in [-0.25, -0.2) is 9.97 Å². The van der Waals surface area contributed by atoms with Gasteiger partial charge in [-0.15, -0.1) is 11.8 Å². The van der Waals surface area contributed by atoms with Crippen LogP contribution in [0.15, 0.2) is 17.4 Å². The van der Waals surface area contributed by atoms with E-state index in [9.17, 15) is 0 Å². The van der Waals surface area contributed by atoms with Crippen molar-refractivity contribution in [2.75, 3.05) is 29.6 Å². The first-order valence-electron chi connectivity index (χ1n) is 4.98. The lowest BCUT2D eigenvalue weighted by Crippen LogP contribution is -2.27. The molecule has 3 nitrogen and oxygen atoms in total. The van der Waals surface area contributed by atoms with E-state index >= 15 is 0 Å². The molecule has 0 atom stereocenters. The Morgan fingerprint density at radius 1 is 1.40 bits per heavy atom. The molecule has 5 heteroatoms. The molecule has 0 N–H and O–H groups in total. The molecule has 1 heterocycles.